The van der Waals surface area contributed by atoms with E-state index in [1.54, 1.807) is 17.9 Å². The van der Waals surface area contributed by atoms with Crippen LogP contribution in [0.5, 0.6) is 0 Å². The van der Waals surface area contributed by atoms with E-state index >= 15 is 0 Å². The van der Waals surface area contributed by atoms with E-state index in [9.17, 15) is 22.8 Å². The highest BCUT2D eigenvalue weighted by atomic mass is 19.4. The third-order valence-electron chi connectivity index (χ3n) is 6.05. The van der Waals surface area contributed by atoms with E-state index in [1.165, 1.54) is 15.8 Å². The van der Waals surface area contributed by atoms with Crippen LogP contribution in [0.15, 0.2) is 17.1 Å². The van der Waals surface area contributed by atoms with Gasteiger partial charge in [-0.1, -0.05) is 12.2 Å². The molecule has 2 bridgehead atoms. The average Bonchev–Trinajstić information content (AvgIpc) is 3.32. The molecule has 0 radical (unpaired) electrons. The number of amides is 1. The number of aromatic nitrogens is 4. The second kappa shape index (κ2) is 6.53. The van der Waals surface area contributed by atoms with Gasteiger partial charge < -0.3 is 4.90 Å². The molecule has 3 fully saturated rings. The van der Waals surface area contributed by atoms with Gasteiger partial charge in [-0.05, 0) is 13.3 Å². The number of hydrogen-bond donors (Lipinski definition) is 1. The molecule has 158 valence electrons. The molecular weight excluding hydrogens is 401 g/mol. The Hall–Kier alpha value is -2.95. The topological polar surface area (TPSA) is 87.1 Å². The predicted molar refractivity (Wildman–Crippen MR) is 100 cm³/mol. The first-order chi connectivity index (χ1) is 14.2. The third-order valence-corrected chi connectivity index (χ3v) is 6.05. The summed E-state index contributed by atoms with van der Waals surface area (Å²) in [6.45, 7) is 1.28. The number of piperazine rings is 1. The Bertz CT molecular complexity index is 1110. The van der Waals surface area contributed by atoms with Gasteiger partial charge in [-0.25, -0.2) is 9.67 Å². The zero-order valence-electron chi connectivity index (χ0n) is 16.1. The summed E-state index contributed by atoms with van der Waals surface area (Å²) < 4.78 is 39.6. The molecule has 2 aromatic rings. The Morgan fingerprint density at radius 2 is 2.03 bits per heavy atom. The zero-order chi connectivity index (χ0) is 21.2. The van der Waals surface area contributed by atoms with E-state index in [1.807, 2.05) is 6.08 Å². The smallest absolute Gasteiger partial charge is 0.335 e. The first-order valence-corrected chi connectivity index (χ1v) is 9.68. The Kier molecular flexibility index (Phi) is 4.14. The van der Waals surface area contributed by atoms with Crippen LogP contribution < -0.4 is 5.56 Å². The second-order valence-corrected chi connectivity index (χ2v) is 7.95. The SMILES string of the molecule is Cc1c(C(=O)N2CC3CC(C2)N3CC(F)(F)F)cnn1-c1nc2c(c(=O)[nH]1)C=CC2. The molecule has 2 aromatic heterocycles. The molecule has 5 heterocycles. The number of aromatic amines is 1. The number of halogens is 3. The summed E-state index contributed by atoms with van der Waals surface area (Å²) in [6.07, 6.45) is 1.98. The Morgan fingerprint density at radius 3 is 2.73 bits per heavy atom. The number of H-pyrrole nitrogens is 1. The molecule has 6 rings (SSSR count). The molecule has 3 saturated heterocycles. The molecule has 1 aliphatic carbocycles. The summed E-state index contributed by atoms with van der Waals surface area (Å²) in [5.74, 6) is -0.0397. The maximum absolute atomic E-state index is 13.0. The van der Waals surface area contributed by atoms with E-state index in [2.05, 4.69) is 15.1 Å². The molecule has 0 aromatic carbocycles. The first kappa shape index (κ1) is 19.0. The minimum absolute atomic E-state index is 0.233. The number of hydrogen-bond acceptors (Lipinski definition) is 5. The van der Waals surface area contributed by atoms with Crippen LogP contribution in [0.3, 0.4) is 0 Å². The fourth-order valence-electron chi connectivity index (χ4n) is 4.55. The van der Waals surface area contributed by atoms with Gasteiger partial charge in [0.15, 0.2) is 0 Å². The summed E-state index contributed by atoms with van der Waals surface area (Å²) in [4.78, 5) is 35.4. The molecule has 2 atom stereocenters. The van der Waals surface area contributed by atoms with Crippen LogP contribution in [0.25, 0.3) is 12.0 Å². The Labute approximate surface area is 169 Å². The van der Waals surface area contributed by atoms with Gasteiger partial charge in [-0.2, -0.15) is 18.3 Å². The van der Waals surface area contributed by atoms with Gasteiger partial charge in [0.1, 0.15) is 0 Å². The Balaban J connectivity index is 1.35. The van der Waals surface area contributed by atoms with Crippen molar-refractivity contribution in [3.63, 3.8) is 0 Å². The lowest BCUT2D eigenvalue weighted by Gasteiger charge is -2.56. The maximum Gasteiger partial charge on any atom is 0.401 e. The van der Waals surface area contributed by atoms with Gasteiger partial charge in [0, 0.05) is 31.6 Å². The van der Waals surface area contributed by atoms with E-state index < -0.39 is 12.7 Å². The van der Waals surface area contributed by atoms with Gasteiger partial charge in [-0.3, -0.25) is 19.5 Å². The fraction of sp³-hybridized carbons (Fsp3) is 0.474. The number of alkyl halides is 3. The number of carbonyl (C=O) groups excluding carboxylic acids is 1. The van der Waals surface area contributed by atoms with E-state index in [4.69, 9.17) is 0 Å². The molecular formula is C19H19F3N6O2. The second-order valence-electron chi connectivity index (χ2n) is 7.95. The highest BCUT2D eigenvalue weighted by molar-refractivity contribution is 5.95. The van der Waals surface area contributed by atoms with Crippen LogP contribution in [-0.4, -0.2) is 73.3 Å². The van der Waals surface area contributed by atoms with E-state index in [0.29, 0.717) is 35.4 Å². The van der Waals surface area contributed by atoms with Crippen molar-refractivity contribution >= 4 is 12.0 Å². The van der Waals surface area contributed by atoms with Gasteiger partial charge >= 0.3 is 6.18 Å². The van der Waals surface area contributed by atoms with Crippen molar-refractivity contribution in [2.45, 2.75) is 38.0 Å². The number of fused-ring (bicyclic) bond motifs is 3. The van der Waals surface area contributed by atoms with Crippen molar-refractivity contribution in [3.8, 4) is 5.95 Å². The summed E-state index contributed by atoms with van der Waals surface area (Å²) in [5, 5.41) is 4.22. The average molecular weight is 420 g/mol. The molecule has 1 N–H and O–H groups in total. The van der Waals surface area contributed by atoms with Crippen molar-refractivity contribution in [2.75, 3.05) is 19.6 Å². The van der Waals surface area contributed by atoms with E-state index in [0.717, 1.165) is 0 Å². The number of allylic oxidation sites excluding steroid dienone is 1. The Morgan fingerprint density at radius 1 is 1.30 bits per heavy atom. The standard InChI is InChI=1S/C19H19F3N6O2/c1-10-14(6-23-28(10)18-24-15-4-2-3-13(15)16(29)25-18)17(30)26-7-11-5-12(8-26)27(11)9-19(20,21)22/h2-3,6,11-12H,4-5,7-9H2,1H3,(H,24,25,29). The van der Waals surface area contributed by atoms with Gasteiger partial charge in [-0.15, -0.1) is 0 Å². The summed E-state index contributed by atoms with van der Waals surface area (Å²) >= 11 is 0. The van der Waals surface area contributed by atoms with Crippen molar-refractivity contribution in [2.24, 2.45) is 0 Å². The predicted octanol–water partition coefficient (Wildman–Crippen LogP) is 1.29. The van der Waals surface area contributed by atoms with Crippen LogP contribution in [0.1, 0.15) is 33.7 Å². The highest BCUT2D eigenvalue weighted by Crippen LogP contribution is 2.35. The fourth-order valence-corrected chi connectivity index (χ4v) is 4.55. The molecule has 8 nitrogen and oxygen atoms in total. The summed E-state index contributed by atoms with van der Waals surface area (Å²) in [7, 11) is 0. The number of nitrogens with one attached hydrogen (secondary N) is 1. The van der Waals surface area contributed by atoms with E-state index in [-0.39, 0.29) is 42.6 Å². The van der Waals surface area contributed by atoms with Crippen LogP contribution in [-0.2, 0) is 6.42 Å². The van der Waals surface area contributed by atoms with Crippen molar-refractivity contribution in [1.29, 1.82) is 0 Å². The molecule has 30 heavy (non-hydrogen) atoms. The number of nitrogens with zero attached hydrogens (tertiary/aromatic N) is 5. The molecule has 3 aliphatic heterocycles. The summed E-state index contributed by atoms with van der Waals surface area (Å²) in [6, 6.07) is -0.543. The van der Waals surface area contributed by atoms with Crippen LogP contribution in [0, 0.1) is 6.92 Å². The van der Waals surface area contributed by atoms with Crippen LogP contribution >= 0.6 is 0 Å². The highest BCUT2D eigenvalue weighted by Gasteiger charge is 2.49. The minimum Gasteiger partial charge on any atom is -0.335 e. The lowest BCUT2D eigenvalue weighted by Crippen LogP contribution is -2.70. The number of piperidine rings is 1. The van der Waals surface area contributed by atoms with Gasteiger partial charge in [0.25, 0.3) is 11.5 Å². The molecule has 1 amide bonds. The quantitative estimate of drug-likeness (QED) is 0.809. The molecule has 4 aliphatic rings. The van der Waals surface area contributed by atoms with Crippen molar-refractivity contribution < 1.29 is 18.0 Å². The van der Waals surface area contributed by atoms with Gasteiger partial charge in [0.05, 0.1) is 35.3 Å². The lowest BCUT2D eigenvalue weighted by molar-refractivity contribution is -0.184. The molecule has 2 unspecified atom stereocenters. The van der Waals surface area contributed by atoms with Crippen molar-refractivity contribution in [1.82, 2.24) is 29.5 Å². The van der Waals surface area contributed by atoms with Crippen LogP contribution in [0.2, 0.25) is 0 Å². The zero-order valence-corrected chi connectivity index (χ0v) is 16.1. The number of carbonyl (C=O) groups is 1. The normalized spacial score (nSPS) is 22.9. The molecule has 0 saturated carbocycles. The number of rotatable bonds is 3. The molecule has 11 heteroatoms. The summed E-state index contributed by atoms with van der Waals surface area (Å²) in [5.41, 5.74) is 1.76. The van der Waals surface area contributed by atoms with Crippen molar-refractivity contribution in [3.05, 3.63) is 45.1 Å². The first-order valence-electron chi connectivity index (χ1n) is 9.68. The monoisotopic (exact) mass is 420 g/mol. The third kappa shape index (κ3) is 3.04. The maximum atomic E-state index is 13.0. The lowest BCUT2D eigenvalue weighted by atomic mass is 9.87. The molecule has 0 spiro atoms. The largest absolute Gasteiger partial charge is 0.401 e. The minimum atomic E-state index is -4.24. The van der Waals surface area contributed by atoms with Gasteiger partial charge in [0.2, 0.25) is 5.95 Å². The van der Waals surface area contributed by atoms with Crippen LogP contribution in [0.4, 0.5) is 13.2 Å².